The molecule has 1 atom stereocenters. The van der Waals surface area contributed by atoms with E-state index in [2.05, 4.69) is 67.4 Å². The third-order valence-corrected chi connectivity index (χ3v) is 7.71. The lowest BCUT2D eigenvalue weighted by molar-refractivity contribution is -0.119. The standard InChI is InChI=1S/C29H33NO3Si/c1-34(2,3)28-19-25(20-33-28)27(29(31)30-26-13-5-4-6-14-26)21-32-17-9-10-22-15-16-23-11-7-8-12-24(23)18-22/h4-8,11-16,18-20,27H,9-10,17,21H2,1-3H3,(H,30,31). The van der Waals surface area contributed by atoms with E-state index >= 15 is 0 Å². The van der Waals surface area contributed by atoms with Crippen molar-refractivity contribution in [1.82, 2.24) is 0 Å². The molecule has 0 radical (unpaired) electrons. The number of carbonyl (C=O) groups excluding carboxylic acids is 1. The van der Waals surface area contributed by atoms with E-state index in [0.29, 0.717) is 13.2 Å². The van der Waals surface area contributed by atoms with Gasteiger partial charge in [0.2, 0.25) is 5.91 Å². The molecule has 3 aromatic carbocycles. The number of furan rings is 1. The molecule has 1 heterocycles. The Labute approximate surface area is 203 Å². The van der Waals surface area contributed by atoms with Gasteiger partial charge in [-0.2, -0.15) is 0 Å². The van der Waals surface area contributed by atoms with Crippen LogP contribution in [0.15, 0.2) is 89.5 Å². The minimum atomic E-state index is -1.61. The lowest BCUT2D eigenvalue weighted by Gasteiger charge is -2.16. The van der Waals surface area contributed by atoms with Gasteiger partial charge in [-0.3, -0.25) is 4.79 Å². The van der Waals surface area contributed by atoms with Crippen molar-refractivity contribution in [3.05, 3.63) is 96.3 Å². The van der Waals surface area contributed by atoms with E-state index in [0.717, 1.165) is 29.5 Å². The first kappa shape index (κ1) is 24.0. The van der Waals surface area contributed by atoms with Crippen molar-refractivity contribution < 1.29 is 13.9 Å². The van der Waals surface area contributed by atoms with Crippen molar-refractivity contribution in [3.8, 4) is 0 Å². The van der Waals surface area contributed by atoms with Crippen LogP contribution in [0.1, 0.15) is 23.5 Å². The highest BCUT2D eigenvalue weighted by Crippen LogP contribution is 2.21. The Kier molecular flexibility index (Phi) is 7.65. The van der Waals surface area contributed by atoms with E-state index in [4.69, 9.17) is 9.15 Å². The predicted octanol–water partition coefficient (Wildman–Crippen LogP) is 6.35. The fourth-order valence-electron chi connectivity index (χ4n) is 3.97. The van der Waals surface area contributed by atoms with Crippen molar-refractivity contribution in [3.63, 3.8) is 0 Å². The van der Waals surface area contributed by atoms with E-state index in [-0.39, 0.29) is 5.91 Å². The van der Waals surface area contributed by atoms with Gasteiger partial charge >= 0.3 is 0 Å². The molecule has 0 spiro atoms. The molecular weight excluding hydrogens is 438 g/mol. The maximum absolute atomic E-state index is 13.2. The van der Waals surface area contributed by atoms with Crippen LogP contribution < -0.4 is 10.7 Å². The number of anilines is 1. The van der Waals surface area contributed by atoms with E-state index in [1.807, 2.05) is 36.4 Å². The fraction of sp³-hybridized carbons (Fsp3) is 0.276. The monoisotopic (exact) mass is 471 g/mol. The van der Waals surface area contributed by atoms with Crippen molar-refractivity contribution in [2.45, 2.75) is 38.4 Å². The molecular formula is C29H33NO3Si. The highest BCUT2D eigenvalue weighted by molar-refractivity contribution is 6.87. The second-order valence-corrected chi connectivity index (χ2v) is 14.8. The maximum Gasteiger partial charge on any atom is 0.234 e. The van der Waals surface area contributed by atoms with E-state index in [1.54, 1.807) is 6.26 Å². The van der Waals surface area contributed by atoms with Gasteiger partial charge in [0.1, 0.15) is 8.07 Å². The first-order valence-corrected chi connectivity index (χ1v) is 15.4. The molecule has 0 saturated carbocycles. The van der Waals surface area contributed by atoms with Crippen molar-refractivity contribution in [2.75, 3.05) is 18.5 Å². The third kappa shape index (κ3) is 6.25. The van der Waals surface area contributed by atoms with Crippen LogP contribution in [-0.4, -0.2) is 27.2 Å². The van der Waals surface area contributed by atoms with Gasteiger partial charge in [-0.25, -0.2) is 0 Å². The second kappa shape index (κ2) is 10.8. The molecule has 1 aromatic heterocycles. The Bertz CT molecular complexity index is 1230. The van der Waals surface area contributed by atoms with Crippen LogP contribution in [-0.2, 0) is 16.0 Å². The third-order valence-electron chi connectivity index (χ3n) is 5.97. The van der Waals surface area contributed by atoms with Gasteiger partial charge < -0.3 is 14.5 Å². The average molecular weight is 472 g/mol. The van der Waals surface area contributed by atoms with Crippen LogP contribution in [0, 0.1) is 0 Å². The van der Waals surface area contributed by atoms with E-state index in [1.165, 1.54) is 16.3 Å². The van der Waals surface area contributed by atoms with Gasteiger partial charge in [-0.1, -0.05) is 80.3 Å². The summed E-state index contributed by atoms with van der Waals surface area (Å²) in [5.41, 5.74) is 2.96. The SMILES string of the molecule is C[Si](C)(C)c1cc(C(COCCCc2ccc3ccccc3c2)C(=O)Nc2ccccc2)co1. The largest absolute Gasteiger partial charge is 0.474 e. The quantitative estimate of drug-likeness (QED) is 0.217. The van der Waals surface area contributed by atoms with Gasteiger partial charge in [0.25, 0.3) is 0 Å². The zero-order valence-electron chi connectivity index (χ0n) is 20.2. The molecule has 4 nitrogen and oxygen atoms in total. The summed E-state index contributed by atoms with van der Waals surface area (Å²) in [6.45, 7) is 7.62. The Morgan fingerprint density at radius 2 is 1.68 bits per heavy atom. The summed E-state index contributed by atoms with van der Waals surface area (Å²) in [5.74, 6) is -0.501. The van der Waals surface area contributed by atoms with Crippen LogP contribution in [0.3, 0.4) is 0 Å². The molecule has 4 aromatic rings. The summed E-state index contributed by atoms with van der Waals surface area (Å²) < 4.78 is 11.9. The zero-order valence-corrected chi connectivity index (χ0v) is 21.2. The van der Waals surface area contributed by atoms with Gasteiger partial charge in [-0.05, 0) is 47.4 Å². The first-order chi connectivity index (χ1) is 16.4. The summed E-state index contributed by atoms with van der Waals surface area (Å²) >= 11 is 0. The maximum atomic E-state index is 13.2. The Morgan fingerprint density at radius 1 is 0.941 bits per heavy atom. The number of carbonyl (C=O) groups is 1. The van der Waals surface area contributed by atoms with Crippen LogP contribution in [0.4, 0.5) is 5.69 Å². The number of ether oxygens (including phenoxy) is 1. The number of para-hydroxylation sites is 1. The molecule has 5 heteroatoms. The molecule has 34 heavy (non-hydrogen) atoms. The number of rotatable bonds is 10. The Hall–Kier alpha value is -3.15. The van der Waals surface area contributed by atoms with Crippen LogP contribution in [0.2, 0.25) is 19.6 Å². The summed E-state index contributed by atoms with van der Waals surface area (Å²) in [4.78, 5) is 13.2. The molecule has 0 saturated heterocycles. The number of nitrogens with one attached hydrogen (secondary N) is 1. The lowest BCUT2D eigenvalue weighted by atomic mass is 10.0. The van der Waals surface area contributed by atoms with Gasteiger partial charge in [0.05, 0.1) is 24.2 Å². The van der Waals surface area contributed by atoms with Crippen molar-refractivity contribution >= 4 is 35.8 Å². The molecule has 1 unspecified atom stereocenters. The number of fused-ring (bicyclic) bond motifs is 1. The molecule has 176 valence electrons. The van der Waals surface area contributed by atoms with Gasteiger partial charge in [-0.15, -0.1) is 0 Å². The molecule has 0 bridgehead atoms. The minimum absolute atomic E-state index is 0.0799. The van der Waals surface area contributed by atoms with Gasteiger partial charge in [0, 0.05) is 17.9 Å². The number of hydrogen-bond donors (Lipinski definition) is 1. The van der Waals surface area contributed by atoms with Crippen LogP contribution >= 0.6 is 0 Å². The molecule has 1 N–H and O–H groups in total. The Morgan fingerprint density at radius 3 is 2.41 bits per heavy atom. The minimum Gasteiger partial charge on any atom is -0.474 e. The summed E-state index contributed by atoms with van der Waals surface area (Å²) in [6.07, 6.45) is 3.56. The highest BCUT2D eigenvalue weighted by Gasteiger charge is 2.27. The van der Waals surface area contributed by atoms with Gasteiger partial charge in [0.15, 0.2) is 0 Å². The average Bonchev–Trinajstić information content (AvgIpc) is 3.32. The number of amides is 1. The van der Waals surface area contributed by atoms with Crippen LogP contribution in [0.25, 0.3) is 10.8 Å². The topological polar surface area (TPSA) is 51.5 Å². The normalized spacial score (nSPS) is 12.6. The number of hydrogen-bond acceptors (Lipinski definition) is 3. The number of aryl methyl sites for hydroxylation is 1. The van der Waals surface area contributed by atoms with Crippen LogP contribution in [0.5, 0.6) is 0 Å². The molecule has 0 aliphatic rings. The summed E-state index contributed by atoms with van der Waals surface area (Å²) in [7, 11) is -1.61. The first-order valence-electron chi connectivity index (χ1n) is 11.9. The molecule has 0 aliphatic heterocycles. The molecule has 1 amide bonds. The lowest BCUT2D eigenvalue weighted by Crippen LogP contribution is -2.36. The molecule has 0 aliphatic carbocycles. The predicted molar refractivity (Wildman–Crippen MR) is 143 cm³/mol. The van der Waals surface area contributed by atoms with E-state index in [9.17, 15) is 4.79 Å². The number of benzene rings is 3. The summed E-state index contributed by atoms with van der Waals surface area (Å²) in [5, 5.41) is 6.54. The zero-order chi connectivity index (χ0) is 24.0. The molecule has 4 rings (SSSR count). The smallest absolute Gasteiger partial charge is 0.234 e. The Balaban J connectivity index is 1.37. The van der Waals surface area contributed by atoms with Crippen molar-refractivity contribution in [2.24, 2.45) is 0 Å². The summed E-state index contributed by atoms with van der Waals surface area (Å²) in [6, 6.07) is 26.6. The highest BCUT2D eigenvalue weighted by atomic mass is 28.3. The molecule has 0 fully saturated rings. The second-order valence-electron chi connectivity index (χ2n) is 9.76. The van der Waals surface area contributed by atoms with Crippen molar-refractivity contribution in [1.29, 1.82) is 0 Å². The fourth-order valence-corrected chi connectivity index (χ4v) is 4.99. The van der Waals surface area contributed by atoms with E-state index < -0.39 is 14.0 Å².